The van der Waals surface area contributed by atoms with Gasteiger partial charge in [-0.3, -0.25) is 18.9 Å². The average molecular weight is 526 g/mol. The molecule has 4 rings (SSSR count). The van der Waals surface area contributed by atoms with Gasteiger partial charge in [0.25, 0.3) is 5.91 Å². The van der Waals surface area contributed by atoms with Gasteiger partial charge in [-0.2, -0.15) is 0 Å². The van der Waals surface area contributed by atoms with Gasteiger partial charge in [0.05, 0.1) is 29.3 Å². The number of nitrogens with zero attached hydrogens (tertiary/aromatic N) is 2. The predicted octanol–water partition coefficient (Wildman–Crippen LogP) is 2.40. The van der Waals surface area contributed by atoms with Crippen molar-refractivity contribution >= 4 is 27.4 Å². The molecule has 0 saturated heterocycles. The first-order valence-electron chi connectivity index (χ1n) is 11.6. The number of carbonyl (C=O) groups is 2. The fourth-order valence-electron chi connectivity index (χ4n) is 4.42. The molecule has 37 heavy (non-hydrogen) atoms. The molecule has 0 radical (unpaired) electrons. The van der Waals surface area contributed by atoms with Gasteiger partial charge in [0.1, 0.15) is 5.82 Å². The SMILES string of the molecule is CCCN(C1=CN2NC(c3ccc(F)cc3)C(C(=O)NC)=C2C=C1c1cccc(C(N)=O)c1)S(C)(=O)=O. The Morgan fingerprint density at radius 1 is 1.19 bits per heavy atom. The summed E-state index contributed by atoms with van der Waals surface area (Å²) in [6, 6.07) is 11.7. The molecule has 0 aromatic heterocycles. The lowest BCUT2D eigenvalue weighted by Gasteiger charge is -2.32. The highest BCUT2D eigenvalue weighted by atomic mass is 32.2. The first kappa shape index (κ1) is 26.1. The number of allylic oxidation sites excluding steroid dienone is 2. The van der Waals surface area contributed by atoms with Crippen LogP contribution in [0, 0.1) is 5.82 Å². The molecule has 2 heterocycles. The van der Waals surface area contributed by atoms with E-state index in [1.54, 1.807) is 53.7 Å². The minimum atomic E-state index is -3.69. The molecule has 1 unspecified atom stereocenters. The number of fused-ring (bicyclic) bond motifs is 1. The Balaban J connectivity index is 1.96. The van der Waals surface area contributed by atoms with Gasteiger partial charge < -0.3 is 11.1 Å². The number of halogens is 1. The molecule has 0 fully saturated rings. The molecule has 4 N–H and O–H groups in total. The van der Waals surface area contributed by atoms with Gasteiger partial charge >= 0.3 is 0 Å². The summed E-state index contributed by atoms with van der Waals surface area (Å²) in [4.78, 5) is 24.9. The first-order valence-corrected chi connectivity index (χ1v) is 13.5. The van der Waals surface area contributed by atoms with Crippen LogP contribution in [-0.2, 0) is 14.8 Å². The van der Waals surface area contributed by atoms with Crippen LogP contribution in [0.3, 0.4) is 0 Å². The number of hydrazine groups is 1. The summed E-state index contributed by atoms with van der Waals surface area (Å²) in [6.45, 7) is 2.08. The molecule has 0 bridgehead atoms. The van der Waals surface area contributed by atoms with E-state index in [0.717, 1.165) is 6.26 Å². The maximum Gasteiger partial charge on any atom is 0.251 e. The van der Waals surface area contributed by atoms with Crippen molar-refractivity contribution in [2.45, 2.75) is 19.4 Å². The number of hydrogen-bond donors (Lipinski definition) is 3. The number of nitrogens with one attached hydrogen (secondary N) is 2. The number of hydrogen-bond acceptors (Lipinski definition) is 6. The maximum absolute atomic E-state index is 13.6. The van der Waals surface area contributed by atoms with Crippen molar-refractivity contribution in [2.75, 3.05) is 19.8 Å². The largest absolute Gasteiger partial charge is 0.366 e. The Bertz CT molecular complexity index is 1450. The lowest BCUT2D eigenvalue weighted by Crippen LogP contribution is -2.36. The quantitative estimate of drug-likeness (QED) is 0.486. The second-order valence-corrected chi connectivity index (χ2v) is 10.6. The van der Waals surface area contributed by atoms with Crippen LogP contribution in [0.25, 0.3) is 5.57 Å². The molecule has 2 amide bonds. The van der Waals surface area contributed by atoms with E-state index in [0.29, 0.717) is 40.1 Å². The number of benzene rings is 2. The third-order valence-electron chi connectivity index (χ3n) is 6.13. The second-order valence-electron chi connectivity index (χ2n) is 8.71. The normalized spacial score (nSPS) is 17.2. The Morgan fingerprint density at radius 3 is 2.49 bits per heavy atom. The van der Waals surface area contributed by atoms with Crippen molar-refractivity contribution in [3.8, 4) is 0 Å². The molecular weight excluding hydrogens is 497 g/mol. The molecule has 0 saturated carbocycles. The van der Waals surface area contributed by atoms with E-state index in [-0.39, 0.29) is 18.0 Å². The summed E-state index contributed by atoms with van der Waals surface area (Å²) in [5, 5.41) is 4.25. The van der Waals surface area contributed by atoms with E-state index in [4.69, 9.17) is 5.73 Å². The summed E-state index contributed by atoms with van der Waals surface area (Å²) in [7, 11) is -2.17. The summed E-state index contributed by atoms with van der Waals surface area (Å²) in [5.74, 6) is -1.38. The number of nitrogens with two attached hydrogens (primary N) is 1. The summed E-state index contributed by atoms with van der Waals surface area (Å²) < 4.78 is 40.6. The smallest absolute Gasteiger partial charge is 0.251 e. The summed E-state index contributed by atoms with van der Waals surface area (Å²) in [6.07, 6.45) is 5.01. The molecule has 0 spiro atoms. The summed E-state index contributed by atoms with van der Waals surface area (Å²) >= 11 is 0. The van der Waals surface area contributed by atoms with Crippen LogP contribution in [0.2, 0.25) is 0 Å². The van der Waals surface area contributed by atoms with Crippen molar-refractivity contribution < 1.29 is 22.4 Å². The number of amides is 2. The van der Waals surface area contributed by atoms with Crippen LogP contribution >= 0.6 is 0 Å². The molecule has 2 aromatic rings. The van der Waals surface area contributed by atoms with Gasteiger partial charge in [0, 0.05) is 30.9 Å². The molecule has 9 nitrogen and oxygen atoms in total. The highest BCUT2D eigenvalue weighted by molar-refractivity contribution is 7.88. The molecule has 194 valence electrons. The van der Waals surface area contributed by atoms with Crippen molar-refractivity contribution in [2.24, 2.45) is 5.73 Å². The topological polar surface area (TPSA) is 125 Å². The first-order chi connectivity index (χ1) is 17.5. The number of sulfonamides is 1. The third-order valence-corrected chi connectivity index (χ3v) is 7.31. The fourth-order valence-corrected chi connectivity index (χ4v) is 5.44. The van der Waals surface area contributed by atoms with E-state index >= 15 is 0 Å². The van der Waals surface area contributed by atoms with Crippen LogP contribution < -0.4 is 16.5 Å². The molecular formula is C26H28FN5O4S. The van der Waals surface area contributed by atoms with Crippen molar-refractivity contribution in [1.82, 2.24) is 20.1 Å². The van der Waals surface area contributed by atoms with Crippen LogP contribution in [0.5, 0.6) is 0 Å². The number of carbonyl (C=O) groups excluding carboxylic acids is 2. The van der Waals surface area contributed by atoms with E-state index in [1.165, 1.54) is 23.5 Å². The molecule has 2 aromatic carbocycles. The Labute approximate surface area is 215 Å². The zero-order valence-electron chi connectivity index (χ0n) is 20.7. The van der Waals surface area contributed by atoms with E-state index in [1.807, 2.05) is 6.92 Å². The van der Waals surface area contributed by atoms with E-state index in [2.05, 4.69) is 10.7 Å². The predicted molar refractivity (Wildman–Crippen MR) is 138 cm³/mol. The highest BCUT2D eigenvalue weighted by Gasteiger charge is 2.38. The van der Waals surface area contributed by atoms with Crippen molar-refractivity contribution in [1.29, 1.82) is 0 Å². The Kier molecular flexibility index (Phi) is 7.19. The Hall–Kier alpha value is -3.96. The van der Waals surface area contributed by atoms with E-state index in [9.17, 15) is 22.4 Å². The standard InChI is InChI=1S/C26H28FN5O4S/c1-4-12-32(37(3,35)36)22-15-31-21(14-20(22)17-6-5-7-18(13-17)25(28)33)23(26(34)29-2)24(30-31)16-8-10-19(27)11-9-16/h5-11,13-15,24,30H,4,12H2,1-3H3,(H2,28,33)(H,29,34). The van der Waals surface area contributed by atoms with Gasteiger partial charge in [-0.15, -0.1) is 0 Å². The Morgan fingerprint density at radius 2 is 1.89 bits per heavy atom. The van der Waals surface area contributed by atoms with Crippen LogP contribution in [0.15, 0.2) is 77.8 Å². The molecule has 1 atom stereocenters. The molecule has 0 aliphatic carbocycles. The lowest BCUT2D eigenvalue weighted by atomic mass is 9.94. The van der Waals surface area contributed by atoms with E-state index < -0.39 is 27.8 Å². The minimum absolute atomic E-state index is 0.216. The van der Waals surface area contributed by atoms with Crippen LogP contribution in [0.4, 0.5) is 4.39 Å². The second kappa shape index (κ2) is 10.2. The average Bonchev–Trinajstić information content (AvgIpc) is 3.24. The van der Waals surface area contributed by atoms with Crippen LogP contribution in [0.1, 0.15) is 40.9 Å². The third kappa shape index (κ3) is 5.13. The number of rotatable bonds is 8. The number of likely N-dealkylation sites (N-methyl/N-ethyl adjacent to an activating group) is 1. The fraction of sp³-hybridized carbons (Fsp3) is 0.231. The monoisotopic (exact) mass is 525 g/mol. The molecule has 2 aliphatic heterocycles. The zero-order valence-corrected chi connectivity index (χ0v) is 21.5. The highest BCUT2D eigenvalue weighted by Crippen LogP contribution is 2.41. The van der Waals surface area contributed by atoms with Gasteiger partial charge in [-0.25, -0.2) is 18.2 Å². The van der Waals surface area contributed by atoms with Gasteiger partial charge in [0.15, 0.2) is 0 Å². The van der Waals surface area contributed by atoms with Crippen molar-refractivity contribution in [3.05, 3.63) is 100 Å². The van der Waals surface area contributed by atoms with Gasteiger partial charge in [-0.05, 0) is 47.9 Å². The van der Waals surface area contributed by atoms with Crippen LogP contribution in [-0.4, -0.2) is 49.4 Å². The molecule has 11 heteroatoms. The zero-order chi connectivity index (χ0) is 26.9. The minimum Gasteiger partial charge on any atom is -0.366 e. The van der Waals surface area contributed by atoms with Crippen molar-refractivity contribution in [3.63, 3.8) is 0 Å². The lowest BCUT2D eigenvalue weighted by molar-refractivity contribution is -0.117. The van der Waals surface area contributed by atoms with Gasteiger partial charge in [-0.1, -0.05) is 31.2 Å². The molecule has 2 aliphatic rings. The maximum atomic E-state index is 13.6. The summed E-state index contributed by atoms with van der Waals surface area (Å²) in [5.41, 5.74) is 11.9. The van der Waals surface area contributed by atoms with Gasteiger partial charge in [0.2, 0.25) is 15.9 Å². The number of primary amides is 1.